The van der Waals surface area contributed by atoms with Crippen molar-refractivity contribution in [2.24, 2.45) is 0 Å². The summed E-state index contributed by atoms with van der Waals surface area (Å²) in [4.78, 5) is 0. The Morgan fingerprint density at radius 3 is 2.30 bits per heavy atom. The van der Waals surface area contributed by atoms with E-state index in [1.807, 2.05) is 31.2 Å². The number of nitrogens with zero attached hydrogens (tertiary/aromatic N) is 1. The molecule has 0 fully saturated rings. The van der Waals surface area contributed by atoms with Gasteiger partial charge in [-0.1, -0.05) is 22.0 Å². The van der Waals surface area contributed by atoms with Crippen molar-refractivity contribution in [1.82, 2.24) is 0 Å². The van der Waals surface area contributed by atoms with Crippen LogP contribution in [0.15, 0.2) is 43.7 Å². The fraction of sp³-hybridized carbons (Fsp3) is 0.133. The maximum absolute atomic E-state index is 8.86. The minimum atomic E-state index is 0.455. The minimum absolute atomic E-state index is 0.455. The predicted octanol–water partition coefficient (Wildman–Crippen LogP) is 5.73. The van der Waals surface area contributed by atoms with Crippen LogP contribution in [-0.4, -0.2) is 0 Å². The van der Waals surface area contributed by atoms with Gasteiger partial charge in [0.15, 0.2) is 0 Å². The normalized spacial score (nSPS) is 10.2. The molecule has 0 saturated carbocycles. The second kappa shape index (κ2) is 6.75. The van der Waals surface area contributed by atoms with E-state index in [4.69, 9.17) is 10.00 Å². The smallest absolute Gasteiger partial charge is 0.148 e. The average molecular weight is 460 g/mol. The molecule has 0 aliphatic carbocycles. The Balaban J connectivity index is 2.20. The van der Waals surface area contributed by atoms with Crippen LogP contribution in [0.5, 0.6) is 5.75 Å². The zero-order chi connectivity index (χ0) is 14.7. The van der Waals surface area contributed by atoms with Crippen LogP contribution in [0, 0.1) is 18.3 Å². The van der Waals surface area contributed by atoms with E-state index < -0.39 is 0 Å². The molecule has 0 aromatic heterocycles. The molecule has 0 spiro atoms. The summed E-state index contributed by atoms with van der Waals surface area (Å²) in [5.74, 6) is 0.761. The van der Waals surface area contributed by atoms with Crippen molar-refractivity contribution in [2.45, 2.75) is 13.5 Å². The van der Waals surface area contributed by atoms with Crippen LogP contribution in [0.2, 0.25) is 0 Å². The van der Waals surface area contributed by atoms with Crippen LogP contribution >= 0.6 is 47.8 Å². The number of rotatable bonds is 3. The van der Waals surface area contributed by atoms with Gasteiger partial charge in [0.25, 0.3) is 0 Å². The standard InChI is InChI=1S/C15H10Br3NO/c1-9-4-10(7-19)2-3-11(9)8-20-15-13(17)5-12(16)6-14(15)18/h2-6H,8H2,1H3. The third-order valence-electron chi connectivity index (χ3n) is 2.81. The number of ether oxygens (including phenoxy) is 1. The van der Waals surface area contributed by atoms with Crippen molar-refractivity contribution in [2.75, 3.05) is 0 Å². The lowest BCUT2D eigenvalue weighted by Gasteiger charge is -2.12. The molecule has 2 rings (SSSR count). The quantitative estimate of drug-likeness (QED) is 0.587. The second-order valence-corrected chi connectivity index (χ2v) is 6.86. The average Bonchev–Trinajstić information content (AvgIpc) is 2.39. The van der Waals surface area contributed by atoms with E-state index in [0.29, 0.717) is 12.2 Å². The molecule has 102 valence electrons. The molecule has 0 saturated heterocycles. The first-order valence-corrected chi connectivity index (χ1v) is 8.16. The Hall–Kier alpha value is -0.830. The molecular weight excluding hydrogens is 450 g/mol. The van der Waals surface area contributed by atoms with Gasteiger partial charge in [0.2, 0.25) is 0 Å². The SMILES string of the molecule is Cc1cc(C#N)ccc1COc1c(Br)cc(Br)cc1Br. The van der Waals surface area contributed by atoms with Crippen LogP contribution in [-0.2, 0) is 6.61 Å². The predicted molar refractivity (Wildman–Crippen MR) is 89.8 cm³/mol. The van der Waals surface area contributed by atoms with Gasteiger partial charge in [-0.05, 0) is 74.2 Å². The van der Waals surface area contributed by atoms with Gasteiger partial charge < -0.3 is 4.74 Å². The summed E-state index contributed by atoms with van der Waals surface area (Å²) >= 11 is 10.4. The number of nitriles is 1. The van der Waals surface area contributed by atoms with Gasteiger partial charge in [-0.2, -0.15) is 5.26 Å². The van der Waals surface area contributed by atoms with Crippen molar-refractivity contribution >= 4 is 47.8 Å². The topological polar surface area (TPSA) is 33.0 Å². The summed E-state index contributed by atoms with van der Waals surface area (Å²) < 4.78 is 8.60. The van der Waals surface area contributed by atoms with Gasteiger partial charge in [0, 0.05) is 4.47 Å². The number of hydrogen-bond acceptors (Lipinski definition) is 2. The molecule has 0 atom stereocenters. The molecule has 0 heterocycles. The fourth-order valence-corrected chi connectivity index (χ4v) is 4.23. The Kier molecular flexibility index (Phi) is 5.25. The summed E-state index contributed by atoms with van der Waals surface area (Å²) in [6.45, 7) is 2.43. The number of benzene rings is 2. The molecule has 2 aromatic carbocycles. The van der Waals surface area contributed by atoms with Gasteiger partial charge in [-0.25, -0.2) is 0 Å². The number of hydrogen-bond donors (Lipinski definition) is 0. The molecule has 5 heteroatoms. The lowest BCUT2D eigenvalue weighted by molar-refractivity contribution is 0.301. The lowest BCUT2D eigenvalue weighted by atomic mass is 10.1. The van der Waals surface area contributed by atoms with E-state index in [1.54, 1.807) is 6.07 Å². The van der Waals surface area contributed by atoms with Crippen LogP contribution < -0.4 is 4.74 Å². The third-order valence-corrected chi connectivity index (χ3v) is 4.44. The third kappa shape index (κ3) is 3.63. The summed E-state index contributed by atoms with van der Waals surface area (Å²) in [5, 5.41) is 8.86. The molecule has 2 nitrogen and oxygen atoms in total. The van der Waals surface area contributed by atoms with Crippen LogP contribution in [0.4, 0.5) is 0 Å². The van der Waals surface area contributed by atoms with Crippen LogP contribution in [0.25, 0.3) is 0 Å². The van der Waals surface area contributed by atoms with Crippen molar-refractivity contribution in [3.63, 3.8) is 0 Å². The van der Waals surface area contributed by atoms with Gasteiger partial charge in [0.05, 0.1) is 20.6 Å². The Morgan fingerprint density at radius 2 is 1.75 bits per heavy atom. The Labute approximate surface area is 143 Å². The molecule has 0 amide bonds. The highest BCUT2D eigenvalue weighted by Gasteiger charge is 2.09. The zero-order valence-electron chi connectivity index (χ0n) is 10.6. The maximum Gasteiger partial charge on any atom is 0.148 e. The summed E-state index contributed by atoms with van der Waals surface area (Å²) in [6, 6.07) is 11.6. The molecule has 0 N–H and O–H groups in total. The largest absolute Gasteiger partial charge is 0.487 e. The summed E-state index contributed by atoms with van der Waals surface area (Å²) in [7, 11) is 0. The molecular formula is C15H10Br3NO. The highest BCUT2D eigenvalue weighted by molar-refractivity contribution is 9.11. The monoisotopic (exact) mass is 457 g/mol. The first-order valence-electron chi connectivity index (χ1n) is 5.78. The van der Waals surface area contributed by atoms with Gasteiger partial charge in [0.1, 0.15) is 12.4 Å². The van der Waals surface area contributed by atoms with E-state index in [9.17, 15) is 0 Å². The maximum atomic E-state index is 8.86. The molecule has 0 unspecified atom stereocenters. The van der Waals surface area contributed by atoms with Gasteiger partial charge >= 0.3 is 0 Å². The second-order valence-electron chi connectivity index (χ2n) is 4.24. The van der Waals surface area contributed by atoms with Crippen LogP contribution in [0.1, 0.15) is 16.7 Å². The van der Waals surface area contributed by atoms with E-state index in [-0.39, 0.29) is 0 Å². The van der Waals surface area contributed by atoms with E-state index in [2.05, 4.69) is 53.9 Å². The van der Waals surface area contributed by atoms with Crippen molar-refractivity contribution in [3.8, 4) is 11.8 Å². The van der Waals surface area contributed by atoms with E-state index in [1.165, 1.54) is 0 Å². The van der Waals surface area contributed by atoms with Crippen molar-refractivity contribution < 1.29 is 4.74 Å². The Morgan fingerprint density at radius 1 is 1.10 bits per heavy atom. The van der Waals surface area contributed by atoms with Gasteiger partial charge in [-0.15, -0.1) is 0 Å². The zero-order valence-corrected chi connectivity index (χ0v) is 15.3. The molecule has 20 heavy (non-hydrogen) atoms. The minimum Gasteiger partial charge on any atom is -0.487 e. The Bertz CT molecular complexity index is 669. The molecule has 0 aliphatic heterocycles. The number of aryl methyl sites for hydroxylation is 1. The molecule has 0 radical (unpaired) electrons. The molecule has 2 aromatic rings. The number of halogens is 3. The molecule has 0 bridgehead atoms. The van der Waals surface area contributed by atoms with E-state index >= 15 is 0 Å². The van der Waals surface area contributed by atoms with Crippen LogP contribution in [0.3, 0.4) is 0 Å². The first kappa shape index (κ1) is 15.6. The summed E-state index contributed by atoms with van der Waals surface area (Å²) in [5.41, 5.74) is 2.77. The molecule has 0 aliphatic rings. The fourth-order valence-electron chi connectivity index (χ4n) is 1.74. The lowest BCUT2D eigenvalue weighted by Crippen LogP contribution is -1.99. The summed E-state index contributed by atoms with van der Waals surface area (Å²) in [6.07, 6.45) is 0. The van der Waals surface area contributed by atoms with E-state index in [0.717, 1.165) is 30.3 Å². The van der Waals surface area contributed by atoms with Crippen molar-refractivity contribution in [3.05, 3.63) is 60.4 Å². The van der Waals surface area contributed by atoms with Crippen molar-refractivity contribution in [1.29, 1.82) is 5.26 Å². The van der Waals surface area contributed by atoms with Gasteiger partial charge in [-0.3, -0.25) is 0 Å². The first-order chi connectivity index (χ1) is 9.51. The highest BCUT2D eigenvalue weighted by atomic mass is 79.9. The highest BCUT2D eigenvalue weighted by Crippen LogP contribution is 2.37.